The number of guanidine groups is 2. The largest absolute Gasteiger partial charge is 0.480 e. The van der Waals surface area contributed by atoms with Crippen LogP contribution in [0.25, 0.3) is 0 Å². The van der Waals surface area contributed by atoms with Crippen molar-refractivity contribution in [2.75, 3.05) is 19.6 Å². The second kappa shape index (κ2) is 20.4. The topological polar surface area (TPSA) is 305 Å². The Kier molecular flexibility index (Phi) is 17.4. The highest BCUT2D eigenvalue weighted by atomic mass is 16.4. The lowest BCUT2D eigenvalue weighted by Gasteiger charge is -2.25. The molecule has 0 saturated carbocycles. The molecule has 16 heteroatoms. The number of unbranched alkanes of at least 4 members (excludes halogenated alkanes) is 1. The fraction of sp³-hybridized carbons (Fsp3) is 0.556. The number of aliphatic imine (C=N–C) groups is 2. The molecule has 0 aliphatic carbocycles. The van der Waals surface area contributed by atoms with E-state index >= 15 is 0 Å². The molecule has 0 saturated heterocycles. The first-order valence-corrected chi connectivity index (χ1v) is 14.2. The van der Waals surface area contributed by atoms with Gasteiger partial charge in [0.15, 0.2) is 11.9 Å². The quantitative estimate of drug-likeness (QED) is 0.0391. The first-order valence-electron chi connectivity index (χ1n) is 14.2. The van der Waals surface area contributed by atoms with Gasteiger partial charge in [-0.1, -0.05) is 30.3 Å². The summed E-state index contributed by atoms with van der Waals surface area (Å²) in [5.74, 6) is -3.37. The van der Waals surface area contributed by atoms with Crippen LogP contribution in [0.1, 0.15) is 50.5 Å². The van der Waals surface area contributed by atoms with Crippen LogP contribution >= 0.6 is 0 Å². The molecular weight excluding hydrogens is 558 g/mol. The van der Waals surface area contributed by atoms with Gasteiger partial charge in [-0.25, -0.2) is 4.79 Å². The van der Waals surface area contributed by atoms with E-state index in [1.54, 1.807) is 0 Å². The van der Waals surface area contributed by atoms with Crippen molar-refractivity contribution >= 4 is 35.6 Å². The molecule has 0 fully saturated rings. The average molecular weight is 606 g/mol. The maximum Gasteiger partial charge on any atom is 0.326 e. The molecule has 4 atom stereocenters. The lowest BCUT2D eigenvalue weighted by Crippen LogP contribution is -2.57. The number of carboxylic acid groups (broad SMARTS) is 1. The standard InChI is InChI=1S/C27H47N11O5/c28-13-5-4-10-19(24(41)38-21(25(42)43)12-7-15-35-27(32)33)37-23(40)20(11-6-14-34-26(30)31)36-22(39)18(29)16-17-8-2-1-3-9-17/h1-3,8-9,18-21H,4-7,10-16,28-29H2,(H,36,39)(H,37,40)(H,38,41)(H,42,43)(H4,30,31,34)(H4,32,33,35). The number of rotatable bonds is 21. The van der Waals surface area contributed by atoms with Gasteiger partial charge < -0.3 is 55.5 Å². The Morgan fingerprint density at radius 2 is 1.16 bits per heavy atom. The molecule has 3 amide bonds. The Morgan fingerprint density at radius 1 is 0.698 bits per heavy atom. The van der Waals surface area contributed by atoms with Crippen molar-refractivity contribution in [2.45, 2.75) is 75.5 Å². The zero-order valence-corrected chi connectivity index (χ0v) is 24.4. The van der Waals surface area contributed by atoms with Crippen LogP contribution in [0.2, 0.25) is 0 Å². The summed E-state index contributed by atoms with van der Waals surface area (Å²) in [4.78, 5) is 59.1. The minimum atomic E-state index is -1.25. The van der Waals surface area contributed by atoms with Crippen LogP contribution in [-0.4, -0.2) is 84.5 Å². The highest BCUT2D eigenvalue weighted by molar-refractivity contribution is 5.94. The van der Waals surface area contributed by atoms with E-state index in [-0.39, 0.29) is 50.7 Å². The zero-order valence-electron chi connectivity index (χ0n) is 24.4. The van der Waals surface area contributed by atoms with E-state index in [4.69, 9.17) is 34.4 Å². The van der Waals surface area contributed by atoms with Crippen LogP contribution in [0.3, 0.4) is 0 Å². The molecule has 0 bridgehead atoms. The Labute approximate surface area is 251 Å². The van der Waals surface area contributed by atoms with Crippen LogP contribution < -0.4 is 50.4 Å². The van der Waals surface area contributed by atoms with E-state index in [1.165, 1.54) is 0 Å². The fourth-order valence-corrected chi connectivity index (χ4v) is 4.08. The number of aliphatic carboxylic acids is 1. The molecule has 0 aliphatic heterocycles. The number of hydrogen-bond acceptors (Lipinski definition) is 8. The third kappa shape index (κ3) is 16.0. The number of carbonyl (C=O) groups excluding carboxylic acids is 3. The molecule has 0 spiro atoms. The van der Waals surface area contributed by atoms with Gasteiger partial charge in [0.25, 0.3) is 0 Å². The summed E-state index contributed by atoms with van der Waals surface area (Å²) in [6.45, 7) is 0.762. The molecule has 1 rings (SSSR count). The molecular formula is C27H47N11O5. The van der Waals surface area contributed by atoms with E-state index in [0.29, 0.717) is 32.2 Å². The molecule has 0 radical (unpaired) electrons. The average Bonchev–Trinajstić information content (AvgIpc) is 2.95. The summed E-state index contributed by atoms with van der Waals surface area (Å²) in [5.41, 5.74) is 33.9. The van der Waals surface area contributed by atoms with Crippen molar-refractivity contribution < 1.29 is 24.3 Å². The van der Waals surface area contributed by atoms with Crippen molar-refractivity contribution in [3.63, 3.8) is 0 Å². The highest BCUT2D eigenvalue weighted by Crippen LogP contribution is 2.08. The third-order valence-corrected chi connectivity index (χ3v) is 6.35. The molecule has 43 heavy (non-hydrogen) atoms. The number of benzene rings is 1. The Balaban J connectivity index is 3.02. The van der Waals surface area contributed by atoms with Crippen LogP contribution in [0.15, 0.2) is 40.3 Å². The smallest absolute Gasteiger partial charge is 0.326 e. The normalized spacial score (nSPS) is 13.4. The fourth-order valence-electron chi connectivity index (χ4n) is 4.08. The molecule has 240 valence electrons. The molecule has 4 unspecified atom stereocenters. The lowest BCUT2D eigenvalue weighted by atomic mass is 10.0. The van der Waals surface area contributed by atoms with Gasteiger partial charge in [0.1, 0.15) is 18.1 Å². The second-order valence-electron chi connectivity index (χ2n) is 10.0. The van der Waals surface area contributed by atoms with Gasteiger partial charge >= 0.3 is 5.97 Å². The van der Waals surface area contributed by atoms with Gasteiger partial charge in [0.2, 0.25) is 17.7 Å². The first-order chi connectivity index (χ1) is 20.4. The lowest BCUT2D eigenvalue weighted by molar-refractivity contribution is -0.142. The summed E-state index contributed by atoms with van der Waals surface area (Å²) in [6, 6.07) is 4.85. The van der Waals surface area contributed by atoms with Crippen molar-refractivity contribution in [1.29, 1.82) is 0 Å². The van der Waals surface area contributed by atoms with E-state index in [2.05, 4.69) is 25.9 Å². The molecule has 16 N–H and O–H groups in total. The van der Waals surface area contributed by atoms with Gasteiger partial charge in [-0.15, -0.1) is 0 Å². The maximum atomic E-state index is 13.4. The molecule has 1 aromatic carbocycles. The molecule has 16 nitrogen and oxygen atoms in total. The number of nitrogens with one attached hydrogen (secondary N) is 3. The van der Waals surface area contributed by atoms with Gasteiger partial charge in [0, 0.05) is 13.1 Å². The third-order valence-electron chi connectivity index (χ3n) is 6.35. The SMILES string of the molecule is NCCCCC(NC(=O)C(CCCN=C(N)N)NC(=O)C(N)Cc1ccccc1)C(=O)NC(CCCN=C(N)N)C(=O)O. The Hall–Kier alpha value is -4.44. The number of nitrogens with two attached hydrogens (primary N) is 6. The predicted molar refractivity (Wildman–Crippen MR) is 164 cm³/mol. The summed E-state index contributed by atoms with van der Waals surface area (Å²) >= 11 is 0. The minimum absolute atomic E-state index is 0.0596. The number of nitrogens with zero attached hydrogens (tertiary/aromatic N) is 2. The van der Waals surface area contributed by atoms with Crippen LogP contribution in [0, 0.1) is 0 Å². The van der Waals surface area contributed by atoms with Crippen LogP contribution in [0.4, 0.5) is 0 Å². The summed E-state index contributed by atoms with van der Waals surface area (Å²) in [5, 5.41) is 17.4. The Morgan fingerprint density at radius 3 is 1.65 bits per heavy atom. The van der Waals surface area contributed by atoms with Crippen molar-refractivity contribution in [3.8, 4) is 0 Å². The van der Waals surface area contributed by atoms with E-state index in [9.17, 15) is 24.3 Å². The molecule has 1 aromatic rings. The highest BCUT2D eigenvalue weighted by Gasteiger charge is 2.30. The summed E-state index contributed by atoms with van der Waals surface area (Å²) < 4.78 is 0. The summed E-state index contributed by atoms with van der Waals surface area (Å²) in [7, 11) is 0. The molecule has 0 heterocycles. The predicted octanol–water partition coefficient (Wildman–Crippen LogP) is -2.67. The van der Waals surface area contributed by atoms with Crippen molar-refractivity contribution in [3.05, 3.63) is 35.9 Å². The van der Waals surface area contributed by atoms with Gasteiger partial charge in [0.05, 0.1) is 6.04 Å². The Bertz CT molecular complexity index is 1080. The number of carboxylic acids is 1. The second-order valence-corrected chi connectivity index (χ2v) is 10.0. The monoisotopic (exact) mass is 605 g/mol. The van der Waals surface area contributed by atoms with Gasteiger partial charge in [-0.05, 0) is 63.5 Å². The van der Waals surface area contributed by atoms with E-state index in [1.807, 2.05) is 30.3 Å². The number of hydrogen-bond donors (Lipinski definition) is 10. The van der Waals surface area contributed by atoms with Gasteiger partial charge in [-0.3, -0.25) is 24.4 Å². The zero-order chi connectivity index (χ0) is 32.2. The first kappa shape index (κ1) is 36.6. The van der Waals surface area contributed by atoms with E-state index < -0.39 is 47.9 Å². The van der Waals surface area contributed by atoms with Gasteiger partial charge in [-0.2, -0.15) is 0 Å². The minimum Gasteiger partial charge on any atom is -0.480 e. The summed E-state index contributed by atoms with van der Waals surface area (Å²) in [6.07, 6.45) is 2.35. The van der Waals surface area contributed by atoms with Crippen molar-refractivity contribution in [1.82, 2.24) is 16.0 Å². The molecule has 0 aromatic heterocycles. The van der Waals surface area contributed by atoms with Crippen LogP contribution in [-0.2, 0) is 25.6 Å². The number of carbonyl (C=O) groups is 4. The van der Waals surface area contributed by atoms with Crippen molar-refractivity contribution in [2.24, 2.45) is 44.4 Å². The van der Waals surface area contributed by atoms with E-state index in [0.717, 1.165) is 5.56 Å². The molecule has 0 aliphatic rings. The number of amides is 3. The maximum absolute atomic E-state index is 13.4. The van der Waals surface area contributed by atoms with Crippen LogP contribution in [0.5, 0.6) is 0 Å².